The number of amides is 1. The minimum absolute atomic E-state index is 0.229. The molecule has 1 saturated heterocycles. The molecule has 0 aliphatic carbocycles. The van der Waals surface area contributed by atoms with Crippen LogP contribution in [0.4, 0.5) is 19.2 Å². The van der Waals surface area contributed by atoms with Gasteiger partial charge in [-0.15, -0.1) is 0 Å². The van der Waals surface area contributed by atoms with Crippen LogP contribution in [0.15, 0.2) is 57.5 Å². The molecule has 8 nitrogen and oxygen atoms in total. The van der Waals surface area contributed by atoms with E-state index in [0.717, 1.165) is 5.52 Å². The van der Waals surface area contributed by atoms with Crippen molar-refractivity contribution >= 4 is 23.0 Å². The lowest BCUT2D eigenvalue weighted by molar-refractivity contribution is -0.159. The molecule has 11 heteroatoms. The fourth-order valence-corrected chi connectivity index (χ4v) is 3.53. The summed E-state index contributed by atoms with van der Waals surface area (Å²) in [6.45, 7) is 1.97. The van der Waals surface area contributed by atoms with Crippen LogP contribution in [0.25, 0.3) is 22.5 Å². The molecule has 0 bridgehead atoms. The number of fused-ring (bicyclic) bond motifs is 1. The summed E-state index contributed by atoms with van der Waals surface area (Å²) < 4.78 is 48.2. The maximum absolute atomic E-state index is 13.0. The number of oxazole rings is 1. The SMILES string of the molecule is O=C(c1cccc(-c2noc(C(F)(F)F)n2)c1)N1CCN(c2nc3ccccc3o2)CC1. The van der Waals surface area contributed by atoms with Gasteiger partial charge in [0.2, 0.25) is 5.82 Å². The first kappa shape index (κ1) is 20.0. The molecule has 0 unspecified atom stereocenters. The summed E-state index contributed by atoms with van der Waals surface area (Å²) in [5, 5.41) is 3.37. The van der Waals surface area contributed by atoms with Crippen molar-refractivity contribution in [3.8, 4) is 11.4 Å². The summed E-state index contributed by atoms with van der Waals surface area (Å²) in [6.07, 6.45) is -4.73. The summed E-state index contributed by atoms with van der Waals surface area (Å²) >= 11 is 0. The molecule has 3 heterocycles. The number of nitrogens with zero attached hydrogens (tertiary/aromatic N) is 5. The number of benzene rings is 2. The van der Waals surface area contributed by atoms with E-state index in [-0.39, 0.29) is 17.3 Å². The number of para-hydroxylation sites is 2. The van der Waals surface area contributed by atoms with Gasteiger partial charge in [-0.25, -0.2) is 0 Å². The molecule has 0 spiro atoms. The first-order valence-electron chi connectivity index (χ1n) is 9.79. The van der Waals surface area contributed by atoms with Gasteiger partial charge in [0.05, 0.1) is 0 Å². The minimum atomic E-state index is -4.73. The minimum Gasteiger partial charge on any atom is -0.423 e. The van der Waals surface area contributed by atoms with Crippen LogP contribution in [-0.4, -0.2) is 52.1 Å². The van der Waals surface area contributed by atoms with E-state index in [9.17, 15) is 18.0 Å². The maximum Gasteiger partial charge on any atom is 0.471 e. The molecule has 5 rings (SSSR count). The van der Waals surface area contributed by atoms with Gasteiger partial charge in [0.15, 0.2) is 5.58 Å². The van der Waals surface area contributed by atoms with E-state index in [1.807, 2.05) is 29.2 Å². The van der Waals surface area contributed by atoms with Crippen molar-refractivity contribution in [1.82, 2.24) is 20.0 Å². The van der Waals surface area contributed by atoms with E-state index in [1.165, 1.54) is 12.1 Å². The smallest absolute Gasteiger partial charge is 0.423 e. The van der Waals surface area contributed by atoms with Crippen LogP contribution in [0.1, 0.15) is 16.2 Å². The molecule has 1 amide bonds. The van der Waals surface area contributed by atoms with Gasteiger partial charge >= 0.3 is 12.1 Å². The molecule has 0 N–H and O–H groups in total. The van der Waals surface area contributed by atoms with Gasteiger partial charge in [-0.05, 0) is 24.3 Å². The van der Waals surface area contributed by atoms with Gasteiger partial charge < -0.3 is 18.7 Å². The zero-order valence-corrected chi connectivity index (χ0v) is 16.5. The highest BCUT2D eigenvalue weighted by Crippen LogP contribution is 2.29. The van der Waals surface area contributed by atoms with Crippen LogP contribution < -0.4 is 4.90 Å². The Balaban J connectivity index is 1.28. The number of carbonyl (C=O) groups excluding carboxylic acids is 1. The first-order chi connectivity index (χ1) is 15.4. The number of rotatable bonds is 3. The van der Waals surface area contributed by atoms with Gasteiger partial charge in [0, 0.05) is 37.3 Å². The summed E-state index contributed by atoms with van der Waals surface area (Å²) in [6, 6.07) is 14.1. The number of anilines is 1. The van der Waals surface area contributed by atoms with Crippen molar-refractivity contribution in [1.29, 1.82) is 0 Å². The Bertz CT molecular complexity index is 1240. The van der Waals surface area contributed by atoms with Crippen LogP contribution in [0.2, 0.25) is 0 Å². The van der Waals surface area contributed by atoms with Gasteiger partial charge in [0.25, 0.3) is 11.9 Å². The van der Waals surface area contributed by atoms with Crippen LogP contribution in [0.3, 0.4) is 0 Å². The lowest BCUT2D eigenvalue weighted by Gasteiger charge is -2.33. The maximum atomic E-state index is 13.0. The Labute approximate surface area is 179 Å². The molecule has 1 aliphatic rings. The Morgan fingerprint density at radius 1 is 0.969 bits per heavy atom. The zero-order chi connectivity index (χ0) is 22.3. The predicted octanol–water partition coefficient (Wildman–Crippen LogP) is 3.86. The standard InChI is InChI=1S/C21H16F3N5O3/c22-21(23,24)19-26-17(27-32-19)13-4-3-5-14(12-13)18(30)28-8-10-29(11-9-28)20-25-15-6-1-2-7-16(15)31-20/h1-7,12H,8-11H2. The van der Waals surface area contributed by atoms with E-state index >= 15 is 0 Å². The van der Waals surface area contributed by atoms with E-state index in [2.05, 4.69) is 19.6 Å². The molecule has 0 atom stereocenters. The molecule has 1 fully saturated rings. The normalized spacial score (nSPS) is 14.8. The number of halogens is 3. The predicted molar refractivity (Wildman–Crippen MR) is 107 cm³/mol. The zero-order valence-electron chi connectivity index (χ0n) is 16.5. The highest BCUT2D eigenvalue weighted by atomic mass is 19.4. The van der Waals surface area contributed by atoms with Crippen LogP contribution in [-0.2, 0) is 6.18 Å². The van der Waals surface area contributed by atoms with Gasteiger partial charge in [-0.3, -0.25) is 4.79 Å². The number of hydrogen-bond donors (Lipinski definition) is 0. The Morgan fingerprint density at radius 3 is 2.47 bits per heavy atom. The van der Waals surface area contributed by atoms with E-state index in [1.54, 1.807) is 17.0 Å². The van der Waals surface area contributed by atoms with Crippen molar-refractivity contribution in [2.45, 2.75) is 6.18 Å². The molecule has 2 aromatic carbocycles. The second kappa shape index (κ2) is 7.66. The molecular weight excluding hydrogens is 427 g/mol. The fraction of sp³-hybridized carbons (Fsp3) is 0.238. The van der Waals surface area contributed by atoms with Crippen molar-refractivity contribution in [2.24, 2.45) is 0 Å². The third kappa shape index (κ3) is 3.77. The van der Waals surface area contributed by atoms with Crippen molar-refractivity contribution in [3.05, 3.63) is 60.0 Å². The summed E-state index contributed by atoms with van der Waals surface area (Å²) in [5.41, 5.74) is 2.07. The summed E-state index contributed by atoms with van der Waals surface area (Å²) in [5.74, 6) is -1.89. The topological polar surface area (TPSA) is 88.5 Å². The molecule has 4 aromatic rings. The molecule has 1 aliphatic heterocycles. The lowest BCUT2D eigenvalue weighted by atomic mass is 10.1. The highest BCUT2D eigenvalue weighted by Gasteiger charge is 2.38. The second-order valence-corrected chi connectivity index (χ2v) is 7.25. The number of carbonyl (C=O) groups is 1. The molecule has 0 saturated carbocycles. The van der Waals surface area contributed by atoms with E-state index in [0.29, 0.717) is 43.3 Å². The fourth-order valence-electron chi connectivity index (χ4n) is 3.53. The third-order valence-electron chi connectivity index (χ3n) is 5.16. The van der Waals surface area contributed by atoms with Gasteiger partial charge in [-0.1, -0.05) is 29.4 Å². The number of aromatic nitrogens is 3. The Morgan fingerprint density at radius 2 is 1.75 bits per heavy atom. The van der Waals surface area contributed by atoms with Crippen LogP contribution in [0.5, 0.6) is 0 Å². The molecule has 164 valence electrons. The van der Waals surface area contributed by atoms with Crippen molar-refractivity contribution < 1.29 is 26.9 Å². The number of piperazine rings is 1. The molecule has 32 heavy (non-hydrogen) atoms. The van der Waals surface area contributed by atoms with E-state index in [4.69, 9.17) is 4.42 Å². The number of alkyl halides is 3. The third-order valence-corrected chi connectivity index (χ3v) is 5.16. The highest BCUT2D eigenvalue weighted by molar-refractivity contribution is 5.95. The van der Waals surface area contributed by atoms with E-state index < -0.39 is 12.1 Å². The Hall–Kier alpha value is -3.89. The lowest BCUT2D eigenvalue weighted by Crippen LogP contribution is -2.48. The Kier molecular flexibility index (Phi) is 4.80. The second-order valence-electron chi connectivity index (χ2n) is 7.25. The van der Waals surface area contributed by atoms with Crippen LogP contribution >= 0.6 is 0 Å². The summed E-state index contributed by atoms with van der Waals surface area (Å²) in [4.78, 5) is 24.5. The van der Waals surface area contributed by atoms with Crippen molar-refractivity contribution in [3.63, 3.8) is 0 Å². The number of hydrogen-bond acceptors (Lipinski definition) is 7. The van der Waals surface area contributed by atoms with Gasteiger partial charge in [0.1, 0.15) is 5.52 Å². The largest absolute Gasteiger partial charge is 0.471 e. The first-order valence-corrected chi connectivity index (χ1v) is 9.79. The summed E-state index contributed by atoms with van der Waals surface area (Å²) in [7, 11) is 0. The molecule has 2 aromatic heterocycles. The quantitative estimate of drug-likeness (QED) is 0.475. The average molecular weight is 443 g/mol. The molecular formula is C21H16F3N5O3. The van der Waals surface area contributed by atoms with Crippen LogP contribution in [0, 0.1) is 0 Å². The monoisotopic (exact) mass is 443 g/mol. The van der Waals surface area contributed by atoms with Crippen molar-refractivity contribution in [2.75, 3.05) is 31.1 Å². The average Bonchev–Trinajstić information content (AvgIpc) is 3.46. The molecule has 0 radical (unpaired) electrons. The van der Waals surface area contributed by atoms with Gasteiger partial charge in [-0.2, -0.15) is 23.1 Å².